The van der Waals surface area contributed by atoms with Crippen molar-refractivity contribution >= 4 is 29.3 Å². The summed E-state index contributed by atoms with van der Waals surface area (Å²) in [6.07, 6.45) is 6.09. The minimum absolute atomic E-state index is 0.115. The van der Waals surface area contributed by atoms with Crippen LogP contribution in [0.25, 0.3) is 0 Å². The second-order valence-electron chi connectivity index (χ2n) is 5.28. The smallest absolute Gasteiger partial charge is 0.234 e. The summed E-state index contributed by atoms with van der Waals surface area (Å²) in [5.41, 5.74) is 1.09. The number of hydrogen-bond donors (Lipinski definition) is 0. The Bertz CT molecular complexity index is 473. The normalized spacial score (nSPS) is 25.0. The van der Waals surface area contributed by atoms with E-state index < -0.39 is 0 Å². The third kappa shape index (κ3) is 2.63. The lowest BCUT2D eigenvalue weighted by Crippen LogP contribution is -2.39. The van der Waals surface area contributed by atoms with Crippen molar-refractivity contribution in [2.75, 3.05) is 5.75 Å². The Labute approximate surface area is 123 Å². The molecule has 1 heterocycles. The molecular weight excluding hydrogens is 278 g/mol. The quantitative estimate of drug-likeness (QED) is 0.813. The van der Waals surface area contributed by atoms with E-state index in [1.54, 1.807) is 11.8 Å². The Morgan fingerprint density at radius 2 is 1.89 bits per heavy atom. The molecule has 4 heteroatoms. The summed E-state index contributed by atoms with van der Waals surface area (Å²) < 4.78 is 0. The molecule has 3 rings (SSSR count). The standard InChI is InChI=1S/C15H18ClNOS/c16-13-9-5-4-8-12(13)15-17(14(18)10-19-15)11-6-2-1-3-7-11/h4-5,8-9,11,15H,1-3,6-7,10H2. The predicted molar refractivity (Wildman–Crippen MR) is 80.4 cm³/mol. The van der Waals surface area contributed by atoms with Crippen molar-refractivity contribution in [2.45, 2.75) is 43.5 Å². The maximum Gasteiger partial charge on any atom is 0.234 e. The number of rotatable bonds is 2. The van der Waals surface area contributed by atoms with Crippen molar-refractivity contribution in [2.24, 2.45) is 0 Å². The number of benzene rings is 1. The molecule has 2 nitrogen and oxygen atoms in total. The van der Waals surface area contributed by atoms with E-state index in [1.165, 1.54) is 19.3 Å². The van der Waals surface area contributed by atoms with E-state index in [0.717, 1.165) is 23.4 Å². The molecular formula is C15H18ClNOS. The molecule has 2 fully saturated rings. The SMILES string of the molecule is O=C1CSC(c2ccccc2Cl)N1C1CCCCC1. The van der Waals surface area contributed by atoms with Crippen molar-refractivity contribution in [3.05, 3.63) is 34.9 Å². The fourth-order valence-corrected chi connectivity index (χ4v) is 4.69. The van der Waals surface area contributed by atoms with E-state index in [9.17, 15) is 4.79 Å². The maximum atomic E-state index is 12.2. The van der Waals surface area contributed by atoms with Gasteiger partial charge < -0.3 is 4.90 Å². The lowest BCUT2D eigenvalue weighted by molar-refractivity contribution is -0.131. The number of halogens is 1. The zero-order valence-electron chi connectivity index (χ0n) is 10.8. The van der Waals surface area contributed by atoms with E-state index in [0.29, 0.717) is 11.8 Å². The van der Waals surface area contributed by atoms with E-state index in [4.69, 9.17) is 11.6 Å². The van der Waals surface area contributed by atoms with Gasteiger partial charge >= 0.3 is 0 Å². The third-order valence-electron chi connectivity index (χ3n) is 4.04. The molecule has 1 atom stereocenters. The van der Waals surface area contributed by atoms with Gasteiger partial charge in [-0.2, -0.15) is 0 Å². The molecule has 102 valence electrons. The summed E-state index contributed by atoms with van der Waals surface area (Å²) in [6.45, 7) is 0. The molecule has 1 amide bonds. The maximum absolute atomic E-state index is 12.2. The summed E-state index contributed by atoms with van der Waals surface area (Å²) in [6, 6.07) is 8.33. The van der Waals surface area contributed by atoms with E-state index in [-0.39, 0.29) is 11.3 Å². The van der Waals surface area contributed by atoms with Gasteiger partial charge in [0.1, 0.15) is 5.37 Å². The highest BCUT2D eigenvalue weighted by Gasteiger charge is 2.38. The zero-order valence-corrected chi connectivity index (χ0v) is 12.4. The molecule has 1 aliphatic heterocycles. The van der Waals surface area contributed by atoms with Gasteiger partial charge in [0.15, 0.2) is 0 Å². The highest BCUT2D eigenvalue weighted by atomic mass is 35.5. The van der Waals surface area contributed by atoms with Gasteiger partial charge in [-0.25, -0.2) is 0 Å². The van der Waals surface area contributed by atoms with Gasteiger partial charge in [-0.05, 0) is 18.9 Å². The van der Waals surface area contributed by atoms with Crippen LogP contribution in [0, 0.1) is 0 Å². The zero-order chi connectivity index (χ0) is 13.2. The molecule has 0 bridgehead atoms. The summed E-state index contributed by atoms with van der Waals surface area (Å²) in [4.78, 5) is 14.3. The second-order valence-corrected chi connectivity index (χ2v) is 6.75. The largest absolute Gasteiger partial charge is 0.323 e. The first-order chi connectivity index (χ1) is 9.27. The van der Waals surface area contributed by atoms with Gasteiger partial charge in [0.05, 0.1) is 5.75 Å². The molecule has 2 aliphatic rings. The first-order valence-electron chi connectivity index (χ1n) is 6.94. The van der Waals surface area contributed by atoms with Crippen LogP contribution in [0.4, 0.5) is 0 Å². The van der Waals surface area contributed by atoms with Gasteiger partial charge in [0.25, 0.3) is 0 Å². The molecule has 0 aromatic heterocycles. The number of nitrogens with zero attached hydrogens (tertiary/aromatic N) is 1. The van der Waals surface area contributed by atoms with Gasteiger partial charge in [0, 0.05) is 16.6 Å². The van der Waals surface area contributed by atoms with Gasteiger partial charge in [-0.3, -0.25) is 4.79 Å². The molecule has 1 saturated heterocycles. The minimum Gasteiger partial charge on any atom is -0.323 e. The Morgan fingerprint density at radius 3 is 2.63 bits per heavy atom. The highest BCUT2D eigenvalue weighted by Crippen LogP contribution is 2.44. The van der Waals surface area contributed by atoms with E-state index >= 15 is 0 Å². The van der Waals surface area contributed by atoms with Crippen LogP contribution < -0.4 is 0 Å². The third-order valence-corrected chi connectivity index (χ3v) is 5.60. The van der Waals surface area contributed by atoms with Crippen molar-refractivity contribution < 1.29 is 4.79 Å². The summed E-state index contributed by atoms with van der Waals surface area (Å²) in [5, 5.41) is 0.889. The van der Waals surface area contributed by atoms with Crippen LogP contribution in [0.3, 0.4) is 0 Å². The topological polar surface area (TPSA) is 20.3 Å². The highest BCUT2D eigenvalue weighted by molar-refractivity contribution is 8.00. The minimum atomic E-state index is 0.115. The fourth-order valence-electron chi connectivity index (χ4n) is 3.11. The average molecular weight is 296 g/mol. The molecule has 0 spiro atoms. The number of carbonyl (C=O) groups excluding carboxylic acids is 1. The van der Waals surface area contributed by atoms with Crippen LogP contribution in [-0.4, -0.2) is 22.6 Å². The van der Waals surface area contributed by atoms with Gasteiger partial charge in [-0.15, -0.1) is 11.8 Å². The molecule has 1 aromatic carbocycles. The number of hydrogen-bond acceptors (Lipinski definition) is 2. The fraction of sp³-hybridized carbons (Fsp3) is 0.533. The van der Waals surface area contributed by atoms with Crippen LogP contribution in [0.2, 0.25) is 5.02 Å². The molecule has 19 heavy (non-hydrogen) atoms. The molecule has 1 aromatic rings. The van der Waals surface area contributed by atoms with Crippen LogP contribution in [0.1, 0.15) is 43.0 Å². The molecule has 0 radical (unpaired) electrons. The Hall–Kier alpha value is -0.670. The average Bonchev–Trinajstić information content (AvgIpc) is 2.82. The molecule has 1 saturated carbocycles. The summed E-state index contributed by atoms with van der Waals surface area (Å²) >= 11 is 8.02. The van der Waals surface area contributed by atoms with Gasteiger partial charge in [-0.1, -0.05) is 49.1 Å². The number of carbonyl (C=O) groups is 1. The Kier molecular flexibility index (Phi) is 4.04. The van der Waals surface area contributed by atoms with Crippen molar-refractivity contribution in [3.8, 4) is 0 Å². The van der Waals surface area contributed by atoms with Crippen LogP contribution in [0.15, 0.2) is 24.3 Å². The number of amides is 1. The monoisotopic (exact) mass is 295 g/mol. The van der Waals surface area contributed by atoms with Gasteiger partial charge in [0.2, 0.25) is 5.91 Å². The van der Waals surface area contributed by atoms with Crippen molar-refractivity contribution in [3.63, 3.8) is 0 Å². The second kappa shape index (κ2) is 5.76. The lowest BCUT2D eigenvalue weighted by Gasteiger charge is -2.35. The number of thioether (sulfide) groups is 1. The van der Waals surface area contributed by atoms with Crippen molar-refractivity contribution in [1.29, 1.82) is 0 Å². The van der Waals surface area contributed by atoms with Crippen LogP contribution >= 0.6 is 23.4 Å². The first-order valence-corrected chi connectivity index (χ1v) is 8.37. The van der Waals surface area contributed by atoms with Crippen LogP contribution in [0.5, 0.6) is 0 Å². The van der Waals surface area contributed by atoms with E-state index in [2.05, 4.69) is 11.0 Å². The molecule has 1 aliphatic carbocycles. The Morgan fingerprint density at radius 1 is 1.16 bits per heavy atom. The van der Waals surface area contributed by atoms with Crippen molar-refractivity contribution in [1.82, 2.24) is 4.90 Å². The summed E-state index contributed by atoms with van der Waals surface area (Å²) in [5.74, 6) is 0.869. The summed E-state index contributed by atoms with van der Waals surface area (Å²) in [7, 11) is 0. The first kappa shape index (κ1) is 13.3. The molecule has 0 N–H and O–H groups in total. The predicted octanol–water partition coefficient (Wildman–Crippen LogP) is 4.25. The van der Waals surface area contributed by atoms with E-state index in [1.807, 2.05) is 18.2 Å². The molecule has 1 unspecified atom stereocenters. The Balaban J connectivity index is 1.87. The lowest BCUT2D eigenvalue weighted by atomic mass is 9.93. The van der Waals surface area contributed by atoms with Crippen LogP contribution in [-0.2, 0) is 4.79 Å².